The molecule has 0 unspecified atom stereocenters. The van der Waals surface area contributed by atoms with E-state index in [1.165, 1.54) is 48.6 Å². The van der Waals surface area contributed by atoms with Crippen LogP contribution in [0.1, 0.15) is 31.2 Å². The summed E-state index contributed by atoms with van der Waals surface area (Å²) in [6.45, 7) is 0. The molecule has 1 aromatic carbocycles. The summed E-state index contributed by atoms with van der Waals surface area (Å²) >= 11 is 0. The van der Waals surface area contributed by atoms with Crippen LogP contribution < -0.4 is 5.32 Å². The highest BCUT2D eigenvalue weighted by Crippen LogP contribution is 2.30. The highest BCUT2D eigenvalue weighted by atomic mass is 14.9. The molecule has 0 spiro atoms. The molecule has 102 valence electrons. The summed E-state index contributed by atoms with van der Waals surface area (Å²) in [4.78, 5) is 0. The number of hydrogen-bond acceptors (Lipinski definition) is 1. The number of aromatic nitrogens is 1. The summed E-state index contributed by atoms with van der Waals surface area (Å²) < 4.78 is 2.27. The topological polar surface area (TPSA) is 17.0 Å². The number of rotatable bonds is 3. The third-order valence-corrected chi connectivity index (χ3v) is 4.74. The summed E-state index contributed by atoms with van der Waals surface area (Å²) in [5, 5.41) is 4.86. The molecule has 0 saturated heterocycles. The van der Waals surface area contributed by atoms with Crippen molar-refractivity contribution in [2.45, 2.75) is 38.1 Å². The van der Waals surface area contributed by atoms with Crippen LogP contribution in [0.15, 0.2) is 30.5 Å². The normalized spacial score (nSPS) is 23.9. The maximum absolute atomic E-state index is 3.42. The van der Waals surface area contributed by atoms with Crippen molar-refractivity contribution in [2.75, 3.05) is 7.05 Å². The molecule has 19 heavy (non-hydrogen) atoms. The molecule has 1 saturated carbocycles. The third-order valence-electron chi connectivity index (χ3n) is 4.74. The lowest BCUT2D eigenvalue weighted by atomic mass is 9.82. The van der Waals surface area contributed by atoms with Crippen LogP contribution in [0.5, 0.6) is 0 Å². The van der Waals surface area contributed by atoms with Crippen molar-refractivity contribution in [3.05, 3.63) is 36.0 Å². The number of nitrogens with one attached hydrogen (secondary N) is 1. The SMILES string of the molecule is CNC1CCC(Cc2cn(C)c3ccccc23)CC1. The highest BCUT2D eigenvalue weighted by Gasteiger charge is 2.21. The van der Waals surface area contributed by atoms with E-state index in [0.29, 0.717) is 0 Å². The summed E-state index contributed by atoms with van der Waals surface area (Å²) in [7, 11) is 4.25. The van der Waals surface area contributed by atoms with Crippen LogP contribution in [0, 0.1) is 5.92 Å². The second-order valence-electron chi connectivity index (χ2n) is 5.99. The minimum Gasteiger partial charge on any atom is -0.350 e. The maximum Gasteiger partial charge on any atom is 0.0480 e. The third kappa shape index (κ3) is 2.55. The summed E-state index contributed by atoms with van der Waals surface area (Å²) in [5.74, 6) is 0.871. The molecule has 1 aliphatic carbocycles. The Morgan fingerprint density at radius 1 is 1.16 bits per heavy atom. The molecule has 0 aliphatic heterocycles. The van der Waals surface area contributed by atoms with E-state index >= 15 is 0 Å². The van der Waals surface area contributed by atoms with Crippen LogP contribution in [0.2, 0.25) is 0 Å². The van der Waals surface area contributed by atoms with E-state index in [2.05, 4.69) is 54.4 Å². The van der Waals surface area contributed by atoms with Gasteiger partial charge in [-0.2, -0.15) is 0 Å². The zero-order valence-electron chi connectivity index (χ0n) is 12.0. The van der Waals surface area contributed by atoms with Crippen LogP contribution in [-0.4, -0.2) is 17.7 Å². The van der Waals surface area contributed by atoms with Gasteiger partial charge in [-0.05, 0) is 56.7 Å². The van der Waals surface area contributed by atoms with Crippen molar-refractivity contribution in [1.29, 1.82) is 0 Å². The van der Waals surface area contributed by atoms with E-state index in [4.69, 9.17) is 0 Å². The van der Waals surface area contributed by atoms with Crippen LogP contribution in [0.25, 0.3) is 10.9 Å². The predicted octanol–water partition coefficient (Wildman–Crippen LogP) is 3.50. The van der Waals surface area contributed by atoms with Gasteiger partial charge in [0.25, 0.3) is 0 Å². The molecule has 0 bridgehead atoms. The van der Waals surface area contributed by atoms with Gasteiger partial charge in [-0.25, -0.2) is 0 Å². The lowest BCUT2D eigenvalue weighted by Crippen LogP contribution is -2.30. The lowest BCUT2D eigenvalue weighted by molar-refractivity contribution is 0.301. The maximum atomic E-state index is 3.42. The average Bonchev–Trinajstić information content (AvgIpc) is 2.77. The van der Waals surface area contributed by atoms with E-state index in [9.17, 15) is 0 Å². The molecule has 2 aromatic rings. The molecule has 1 N–H and O–H groups in total. The van der Waals surface area contributed by atoms with Crippen molar-refractivity contribution in [3.8, 4) is 0 Å². The quantitative estimate of drug-likeness (QED) is 0.889. The van der Waals surface area contributed by atoms with Gasteiger partial charge in [-0.1, -0.05) is 18.2 Å². The monoisotopic (exact) mass is 256 g/mol. The molecule has 0 atom stereocenters. The van der Waals surface area contributed by atoms with Crippen molar-refractivity contribution in [1.82, 2.24) is 9.88 Å². The highest BCUT2D eigenvalue weighted by molar-refractivity contribution is 5.83. The van der Waals surface area contributed by atoms with Gasteiger partial charge in [-0.3, -0.25) is 0 Å². The molecular weight excluding hydrogens is 232 g/mol. The van der Waals surface area contributed by atoms with Crippen molar-refractivity contribution < 1.29 is 0 Å². The minimum absolute atomic E-state index is 0.753. The number of aryl methyl sites for hydroxylation is 1. The Kier molecular flexibility index (Phi) is 3.61. The van der Waals surface area contributed by atoms with Crippen LogP contribution >= 0.6 is 0 Å². The van der Waals surface area contributed by atoms with Gasteiger partial charge in [0.1, 0.15) is 0 Å². The fourth-order valence-electron chi connectivity index (χ4n) is 3.55. The molecule has 1 heterocycles. The van der Waals surface area contributed by atoms with E-state index in [0.717, 1.165) is 12.0 Å². The second kappa shape index (κ2) is 5.38. The lowest BCUT2D eigenvalue weighted by Gasteiger charge is -2.28. The number of benzene rings is 1. The Balaban J connectivity index is 1.75. The minimum atomic E-state index is 0.753. The molecule has 2 nitrogen and oxygen atoms in total. The number of para-hydroxylation sites is 1. The Hall–Kier alpha value is -1.28. The number of fused-ring (bicyclic) bond motifs is 1. The van der Waals surface area contributed by atoms with Crippen LogP contribution in [0.3, 0.4) is 0 Å². The summed E-state index contributed by atoms with van der Waals surface area (Å²) in [5.41, 5.74) is 2.90. The first-order valence-corrected chi connectivity index (χ1v) is 7.48. The Morgan fingerprint density at radius 3 is 2.63 bits per heavy atom. The Bertz CT molecular complexity index is 547. The van der Waals surface area contributed by atoms with Crippen LogP contribution in [0.4, 0.5) is 0 Å². The fourth-order valence-corrected chi connectivity index (χ4v) is 3.55. The zero-order valence-corrected chi connectivity index (χ0v) is 12.0. The summed E-state index contributed by atoms with van der Waals surface area (Å²) in [6, 6.07) is 9.53. The van der Waals surface area contributed by atoms with E-state index in [1.54, 1.807) is 0 Å². The molecule has 0 amide bonds. The largest absolute Gasteiger partial charge is 0.350 e. The van der Waals surface area contributed by atoms with Gasteiger partial charge in [0, 0.05) is 30.2 Å². The average molecular weight is 256 g/mol. The first-order valence-electron chi connectivity index (χ1n) is 7.48. The molecule has 1 fully saturated rings. The first-order chi connectivity index (χ1) is 9.28. The van der Waals surface area contributed by atoms with Gasteiger partial charge < -0.3 is 9.88 Å². The first kappa shape index (κ1) is 12.7. The van der Waals surface area contributed by atoms with Crippen molar-refractivity contribution in [2.24, 2.45) is 13.0 Å². The van der Waals surface area contributed by atoms with Crippen molar-refractivity contribution >= 4 is 10.9 Å². The van der Waals surface area contributed by atoms with E-state index in [-0.39, 0.29) is 0 Å². The predicted molar refractivity (Wildman–Crippen MR) is 81.4 cm³/mol. The molecule has 1 aromatic heterocycles. The van der Waals surface area contributed by atoms with E-state index in [1.807, 2.05) is 0 Å². The molecule has 2 heteroatoms. The Morgan fingerprint density at radius 2 is 1.89 bits per heavy atom. The second-order valence-corrected chi connectivity index (χ2v) is 5.99. The van der Waals surface area contributed by atoms with Crippen LogP contribution in [-0.2, 0) is 13.5 Å². The number of hydrogen-bond donors (Lipinski definition) is 1. The van der Waals surface area contributed by atoms with Gasteiger partial charge in [-0.15, -0.1) is 0 Å². The van der Waals surface area contributed by atoms with Crippen molar-refractivity contribution in [3.63, 3.8) is 0 Å². The van der Waals surface area contributed by atoms with E-state index < -0.39 is 0 Å². The Labute approximate surface area is 115 Å². The molecule has 3 rings (SSSR count). The van der Waals surface area contributed by atoms with Gasteiger partial charge in [0.05, 0.1) is 0 Å². The summed E-state index contributed by atoms with van der Waals surface area (Å²) in [6.07, 6.45) is 8.99. The zero-order chi connectivity index (χ0) is 13.2. The fraction of sp³-hybridized carbons (Fsp3) is 0.529. The molecule has 0 radical (unpaired) electrons. The molecular formula is C17H24N2. The number of nitrogens with zero attached hydrogens (tertiary/aromatic N) is 1. The van der Waals surface area contributed by atoms with Gasteiger partial charge >= 0.3 is 0 Å². The smallest absolute Gasteiger partial charge is 0.0480 e. The molecule has 1 aliphatic rings. The van der Waals surface area contributed by atoms with Gasteiger partial charge in [0.15, 0.2) is 0 Å². The van der Waals surface area contributed by atoms with Gasteiger partial charge in [0.2, 0.25) is 0 Å². The standard InChI is InChI=1S/C17H24N2/c1-18-15-9-7-13(8-10-15)11-14-12-19(2)17-6-4-3-5-16(14)17/h3-6,12-13,15,18H,7-11H2,1-2H3.